The van der Waals surface area contributed by atoms with Crippen LogP contribution in [0.1, 0.15) is 39.0 Å². The lowest BCUT2D eigenvalue weighted by Gasteiger charge is -2.35. The van der Waals surface area contributed by atoms with E-state index < -0.39 is 5.60 Å². The summed E-state index contributed by atoms with van der Waals surface area (Å²) in [5.41, 5.74) is -0.524. The van der Waals surface area contributed by atoms with Gasteiger partial charge in [0.05, 0.1) is 12.1 Å². The van der Waals surface area contributed by atoms with Crippen molar-refractivity contribution in [3.8, 4) is 0 Å². The van der Waals surface area contributed by atoms with Crippen molar-refractivity contribution in [1.82, 2.24) is 10.6 Å². The van der Waals surface area contributed by atoms with E-state index in [4.69, 9.17) is 0 Å². The van der Waals surface area contributed by atoms with Gasteiger partial charge in [-0.05, 0) is 44.8 Å². The Morgan fingerprint density at radius 1 is 1.44 bits per heavy atom. The molecule has 2 rings (SSSR count). The van der Waals surface area contributed by atoms with E-state index in [9.17, 15) is 5.11 Å². The first-order valence-corrected chi connectivity index (χ1v) is 8.22. The second kappa shape index (κ2) is 6.66. The van der Waals surface area contributed by atoms with E-state index in [0.29, 0.717) is 12.6 Å². The Labute approximate surface area is 114 Å². The highest BCUT2D eigenvalue weighted by molar-refractivity contribution is 7.99. The van der Waals surface area contributed by atoms with Gasteiger partial charge < -0.3 is 15.7 Å². The van der Waals surface area contributed by atoms with Gasteiger partial charge in [-0.1, -0.05) is 0 Å². The van der Waals surface area contributed by atoms with Crippen LogP contribution in [0.5, 0.6) is 0 Å². The van der Waals surface area contributed by atoms with Gasteiger partial charge in [-0.2, -0.15) is 11.8 Å². The standard InChI is InChI=1S/C13H25N3OS/c1-2-14-12(15-10-13(17)6-4-7-13)16-11-5-3-8-18-9-11/h11,17H,2-10H2,1H3,(H2,14,15,16). The summed E-state index contributed by atoms with van der Waals surface area (Å²) in [6.07, 6.45) is 5.44. The minimum absolute atomic E-state index is 0.524. The molecule has 0 radical (unpaired) electrons. The number of hydrogen-bond acceptors (Lipinski definition) is 3. The average molecular weight is 271 g/mol. The van der Waals surface area contributed by atoms with Crippen LogP contribution in [-0.2, 0) is 0 Å². The maximum Gasteiger partial charge on any atom is 0.191 e. The van der Waals surface area contributed by atoms with Crippen molar-refractivity contribution in [2.75, 3.05) is 24.6 Å². The molecule has 1 aliphatic heterocycles. The molecule has 1 heterocycles. The SMILES string of the molecule is CCNC(=NCC1(O)CCC1)NC1CCCSC1. The summed E-state index contributed by atoms with van der Waals surface area (Å²) in [5, 5.41) is 16.8. The monoisotopic (exact) mass is 271 g/mol. The van der Waals surface area contributed by atoms with Gasteiger partial charge >= 0.3 is 0 Å². The maximum absolute atomic E-state index is 10.1. The molecule has 2 fully saturated rings. The van der Waals surface area contributed by atoms with Crippen LogP contribution >= 0.6 is 11.8 Å². The number of aliphatic hydroxyl groups is 1. The first kappa shape index (κ1) is 14.0. The third kappa shape index (κ3) is 4.05. The van der Waals surface area contributed by atoms with E-state index in [1.54, 1.807) is 0 Å². The Balaban J connectivity index is 1.83. The van der Waals surface area contributed by atoms with Crippen LogP contribution in [-0.4, -0.2) is 47.3 Å². The molecular formula is C13H25N3OS. The summed E-state index contributed by atoms with van der Waals surface area (Å²) in [4.78, 5) is 4.54. The highest BCUT2D eigenvalue weighted by atomic mass is 32.2. The molecule has 5 heteroatoms. The quantitative estimate of drug-likeness (QED) is 0.534. The Hall–Kier alpha value is -0.420. The van der Waals surface area contributed by atoms with Gasteiger partial charge in [0, 0.05) is 18.3 Å². The van der Waals surface area contributed by atoms with Crippen LogP contribution in [0.25, 0.3) is 0 Å². The number of nitrogens with zero attached hydrogens (tertiary/aromatic N) is 1. The molecule has 2 aliphatic rings. The highest BCUT2D eigenvalue weighted by Crippen LogP contribution is 2.31. The number of nitrogens with one attached hydrogen (secondary N) is 2. The summed E-state index contributed by atoms with van der Waals surface area (Å²) in [6, 6.07) is 0.526. The largest absolute Gasteiger partial charge is 0.388 e. The molecule has 1 atom stereocenters. The van der Waals surface area contributed by atoms with Crippen molar-refractivity contribution in [3.63, 3.8) is 0 Å². The Bertz CT molecular complexity index is 286. The van der Waals surface area contributed by atoms with Crippen LogP contribution in [0.3, 0.4) is 0 Å². The zero-order chi connectivity index (χ0) is 12.8. The van der Waals surface area contributed by atoms with Gasteiger partial charge in [0.1, 0.15) is 0 Å². The summed E-state index contributed by atoms with van der Waals surface area (Å²) in [7, 11) is 0. The molecule has 104 valence electrons. The second-order valence-corrected chi connectivity index (χ2v) is 6.48. The fraction of sp³-hybridized carbons (Fsp3) is 0.923. The van der Waals surface area contributed by atoms with Gasteiger partial charge in [-0.3, -0.25) is 4.99 Å². The topological polar surface area (TPSA) is 56.7 Å². The number of rotatable bonds is 4. The lowest BCUT2D eigenvalue weighted by molar-refractivity contribution is -0.0236. The van der Waals surface area contributed by atoms with E-state index in [-0.39, 0.29) is 0 Å². The fourth-order valence-corrected chi connectivity index (χ4v) is 3.41. The van der Waals surface area contributed by atoms with Gasteiger partial charge in [0.15, 0.2) is 5.96 Å². The molecule has 0 bridgehead atoms. The molecule has 0 aromatic carbocycles. The summed E-state index contributed by atoms with van der Waals surface area (Å²) in [6.45, 7) is 3.47. The molecule has 3 N–H and O–H groups in total. The molecule has 4 nitrogen and oxygen atoms in total. The van der Waals surface area contributed by atoms with Gasteiger partial charge in [0.2, 0.25) is 0 Å². The summed E-state index contributed by atoms with van der Waals surface area (Å²) < 4.78 is 0. The number of thioether (sulfide) groups is 1. The predicted molar refractivity (Wildman–Crippen MR) is 78.3 cm³/mol. The van der Waals surface area contributed by atoms with Crippen LogP contribution in [0.15, 0.2) is 4.99 Å². The lowest BCUT2D eigenvalue weighted by Crippen LogP contribution is -2.47. The number of guanidine groups is 1. The average Bonchev–Trinajstić information content (AvgIpc) is 2.35. The molecule has 1 saturated carbocycles. The van der Waals surface area contributed by atoms with Crippen LogP contribution in [0, 0.1) is 0 Å². The van der Waals surface area contributed by atoms with E-state index in [0.717, 1.165) is 37.5 Å². The Kier molecular flexibility index (Phi) is 5.18. The first-order chi connectivity index (χ1) is 8.72. The van der Waals surface area contributed by atoms with Crippen molar-refractivity contribution in [2.45, 2.75) is 50.7 Å². The maximum atomic E-state index is 10.1. The third-order valence-electron chi connectivity index (χ3n) is 3.66. The molecule has 0 amide bonds. The van der Waals surface area contributed by atoms with E-state index in [1.165, 1.54) is 18.6 Å². The van der Waals surface area contributed by atoms with Crippen molar-refractivity contribution in [2.24, 2.45) is 4.99 Å². The molecule has 18 heavy (non-hydrogen) atoms. The van der Waals surface area contributed by atoms with Crippen LogP contribution in [0.4, 0.5) is 0 Å². The zero-order valence-electron chi connectivity index (χ0n) is 11.2. The van der Waals surface area contributed by atoms with Crippen LogP contribution < -0.4 is 10.6 Å². The van der Waals surface area contributed by atoms with Gasteiger partial charge in [0.25, 0.3) is 0 Å². The van der Waals surface area contributed by atoms with E-state index in [2.05, 4.69) is 22.5 Å². The minimum atomic E-state index is -0.524. The van der Waals surface area contributed by atoms with E-state index in [1.807, 2.05) is 11.8 Å². The molecular weight excluding hydrogens is 246 g/mol. The molecule has 0 aromatic heterocycles. The number of aliphatic imine (C=N–C) groups is 1. The van der Waals surface area contributed by atoms with Crippen molar-refractivity contribution in [3.05, 3.63) is 0 Å². The highest BCUT2D eigenvalue weighted by Gasteiger charge is 2.34. The summed E-state index contributed by atoms with van der Waals surface area (Å²) >= 11 is 2.01. The fourth-order valence-electron chi connectivity index (χ4n) is 2.34. The second-order valence-electron chi connectivity index (χ2n) is 5.33. The summed E-state index contributed by atoms with van der Waals surface area (Å²) in [5.74, 6) is 3.31. The molecule has 1 unspecified atom stereocenters. The normalized spacial score (nSPS) is 27.4. The van der Waals surface area contributed by atoms with Crippen molar-refractivity contribution < 1.29 is 5.11 Å². The number of hydrogen-bond donors (Lipinski definition) is 3. The lowest BCUT2D eigenvalue weighted by atomic mass is 9.80. The van der Waals surface area contributed by atoms with Gasteiger partial charge in [-0.25, -0.2) is 0 Å². The first-order valence-electron chi connectivity index (χ1n) is 7.07. The smallest absolute Gasteiger partial charge is 0.191 e. The molecule has 0 spiro atoms. The molecule has 0 aromatic rings. The van der Waals surface area contributed by atoms with E-state index >= 15 is 0 Å². The van der Waals surface area contributed by atoms with Crippen LogP contribution in [0.2, 0.25) is 0 Å². The zero-order valence-corrected chi connectivity index (χ0v) is 12.1. The van der Waals surface area contributed by atoms with Crippen molar-refractivity contribution in [1.29, 1.82) is 0 Å². The van der Waals surface area contributed by atoms with Gasteiger partial charge in [-0.15, -0.1) is 0 Å². The predicted octanol–water partition coefficient (Wildman–Crippen LogP) is 1.35. The molecule has 1 aliphatic carbocycles. The third-order valence-corrected chi connectivity index (χ3v) is 4.88. The Morgan fingerprint density at radius 3 is 2.83 bits per heavy atom. The minimum Gasteiger partial charge on any atom is -0.388 e. The molecule has 1 saturated heterocycles. The Morgan fingerprint density at radius 2 is 2.28 bits per heavy atom. The van der Waals surface area contributed by atoms with Crippen molar-refractivity contribution >= 4 is 17.7 Å².